The molecule has 11 rings (SSSR count). The van der Waals surface area contributed by atoms with E-state index in [-0.39, 0.29) is 0 Å². The number of para-hydroxylation sites is 1. The number of fused-ring (bicyclic) bond motifs is 4. The zero-order valence-corrected chi connectivity index (χ0v) is 33.6. The zero-order chi connectivity index (χ0) is 40.5. The Morgan fingerprint density at radius 3 is 1.28 bits per heavy atom. The van der Waals surface area contributed by atoms with Gasteiger partial charge in [-0.25, -0.2) is 0 Å². The monoisotopic (exact) mass is 775 g/mol. The van der Waals surface area contributed by atoms with Gasteiger partial charge in [0.1, 0.15) is 0 Å². The van der Waals surface area contributed by atoms with Crippen LogP contribution < -0.4 is 4.90 Å². The van der Waals surface area contributed by atoms with Gasteiger partial charge in [-0.1, -0.05) is 212 Å². The molecule has 0 saturated heterocycles. The molecule has 0 N–H and O–H groups in total. The molecule has 0 saturated carbocycles. The summed E-state index contributed by atoms with van der Waals surface area (Å²) in [7, 11) is 0. The van der Waals surface area contributed by atoms with Crippen molar-refractivity contribution in [3.8, 4) is 33.4 Å². The van der Waals surface area contributed by atoms with Gasteiger partial charge in [0.05, 0.1) is 0 Å². The van der Waals surface area contributed by atoms with E-state index in [1.165, 1.54) is 87.6 Å². The van der Waals surface area contributed by atoms with Crippen LogP contribution in [0.1, 0.15) is 11.1 Å². The third-order valence-electron chi connectivity index (χ3n) is 12.0. The maximum absolute atomic E-state index is 2.34. The Morgan fingerprint density at radius 2 is 0.689 bits per heavy atom. The molecule has 286 valence electrons. The molecule has 0 aliphatic carbocycles. The van der Waals surface area contributed by atoms with Crippen LogP contribution >= 0.6 is 0 Å². The normalized spacial score (nSPS) is 11.5. The van der Waals surface area contributed by atoms with Crippen LogP contribution in [-0.2, 0) is 0 Å². The highest BCUT2D eigenvalue weighted by Gasteiger charge is 2.18. The Balaban J connectivity index is 0.925. The quantitative estimate of drug-likeness (QED) is 0.110. The molecule has 0 fully saturated rings. The van der Waals surface area contributed by atoms with E-state index in [0.717, 1.165) is 17.1 Å². The Labute approximate surface area is 356 Å². The average Bonchev–Trinajstić information content (AvgIpc) is 3.33. The number of hydrogen-bond acceptors (Lipinski definition) is 1. The third kappa shape index (κ3) is 6.83. The summed E-state index contributed by atoms with van der Waals surface area (Å²) in [6.45, 7) is 0. The minimum atomic E-state index is 1.11. The molecule has 11 aromatic rings. The van der Waals surface area contributed by atoms with Crippen molar-refractivity contribution in [2.24, 2.45) is 0 Å². The van der Waals surface area contributed by atoms with Gasteiger partial charge in [-0.2, -0.15) is 0 Å². The highest BCUT2D eigenvalue weighted by atomic mass is 15.1. The van der Waals surface area contributed by atoms with E-state index < -0.39 is 0 Å². The SMILES string of the molecule is C(=Cc1ccc(-c2c3ccccc3c(-c3ccc(N(c4ccccc4)c4ccc5ccccc5c4)cc3)c3ccccc23)cc1)c1ccc(-c2cccc3ccccc23)cc1. The first-order valence-electron chi connectivity index (χ1n) is 21.0. The van der Waals surface area contributed by atoms with Crippen LogP contribution in [0.4, 0.5) is 17.1 Å². The zero-order valence-electron chi connectivity index (χ0n) is 33.6. The highest BCUT2D eigenvalue weighted by Crippen LogP contribution is 2.45. The molecule has 0 unspecified atom stereocenters. The number of anilines is 3. The largest absolute Gasteiger partial charge is 0.310 e. The molecule has 0 bridgehead atoms. The summed E-state index contributed by atoms with van der Waals surface area (Å²) < 4.78 is 0. The Bertz CT molecular complexity index is 3320. The van der Waals surface area contributed by atoms with Crippen molar-refractivity contribution in [1.82, 2.24) is 0 Å². The van der Waals surface area contributed by atoms with Gasteiger partial charge >= 0.3 is 0 Å². The third-order valence-corrected chi connectivity index (χ3v) is 12.0. The topological polar surface area (TPSA) is 3.24 Å². The van der Waals surface area contributed by atoms with Crippen molar-refractivity contribution in [2.75, 3.05) is 4.90 Å². The van der Waals surface area contributed by atoms with Crippen molar-refractivity contribution in [3.63, 3.8) is 0 Å². The Morgan fingerprint density at radius 1 is 0.262 bits per heavy atom. The average molecular weight is 776 g/mol. The van der Waals surface area contributed by atoms with Crippen LogP contribution in [0.15, 0.2) is 237 Å². The van der Waals surface area contributed by atoms with Crippen molar-refractivity contribution >= 4 is 72.3 Å². The van der Waals surface area contributed by atoms with Crippen LogP contribution in [0, 0.1) is 0 Å². The maximum Gasteiger partial charge on any atom is 0.0468 e. The van der Waals surface area contributed by atoms with Crippen LogP contribution in [0.3, 0.4) is 0 Å². The van der Waals surface area contributed by atoms with Crippen molar-refractivity contribution in [2.45, 2.75) is 0 Å². The van der Waals surface area contributed by atoms with Gasteiger partial charge in [0.25, 0.3) is 0 Å². The summed E-state index contributed by atoms with van der Waals surface area (Å²) in [5.41, 5.74) is 13.1. The minimum absolute atomic E-state index is 1.11. The summed E-state index contributed by atoms with van der Waals surface area (Å²) in [6, 6.07) is 85.8. The van der Waals surface area contributed by atoms with E-state index in [1.54, 1.807) is 0 Å². The van der Waals surface area contributed by atoms with E-state index in [0.29, 0.717) is 0 Å². The summed E-state index contributed by atoms with van der Waals surface area (Å²) in [5.74, 6) is 0. The van der Waals surface area contributed by atoms with Crippen LogP contribution in [0.25, 0.3) is 88.6 Å². The molecule has 1 nitrogen and oxygen atoms in total. The number of rotatable bonds is 8. The maximum atomic E-state index is 2.34. The molecule has 0 aromatic heterocycles. The molecular weight excluding hydrogens is 735 g/mol. The molecule has 0 aliphatic heterocycles. The number of nitrogens with zero attached hydrogens (tertiary/aromatic N) is 1. The van der Waals surface area contributed by atoms with E-state index in [1.807, 2.05) is 0 Å². The first kappa shape index (κ1) is 36.1. The molecule has 0 atom stereocenters. The van der Waals surface area contributed by atoms with Gasteiger partial charge in [-0.05, 0) is 124 Å². The van der Waals surface area contributed by atoms with E-state index in [9.17, 15) is 0 Å². The first-order chi connectivity index (χ1) is 30.2. The summed E-state index contributed by atoms with van der Waals surface area (Å²) >= 11 is 0. The van der Waals surface area contributed by atoms with E-state index >= 15 is 0 Å². The van der Waals surface area contributed by atoms with E-state index in [4.69, 9.17) is 0 Å². The predicted molar refractivity (Wildman–Crippen MR) is 263 cm³/mol. The summed E-state index contributed by atoms with van der Waals surface area (Å²) in [5, 5.41) is 9.98. The van der Waals surface area contributed by atoms with Crippen LogP contribution in [0.2, 0.25) is 0 Å². The second-order valence-electron chi connectivity index (χ2n) is 15.7. The molecule has 61 heavy (non-hydrogen) atoms. The molecule has 11 aromatic carbocycles. The first-order valence-corrected chi connectivity index (χ1v) is 21.0. The lowest BCUT2D eigenvalue weighted by atomic mass is 9.86. The van der Waals surface area contributed by atoms with Crippen LogP contribution in [0.5, 0.6) is 0 Å². The lowest BCUT2D eigenvalue weighted by Gasteiger charge is -2.26. The van der Waals surface area contributed by atoms with Gasteiger partial charge in [-0.3, -0.25) is 0 Å². The summed E-state index contributed by atoms with van der Waals surface area (Å²) in [4.78, 5) is 2.34. The molecule has 0 aliphatic rings. The number of hydrogen-bond donors (Lipinski definition) is 0. The lowest BCUT2D eigenvalue weighted by molar-refractivity contribution is 1.29. The van der Waals surface area contributed by atoms with E-state index in [2.05, 4.69) is 254 Å². The molecule has 1 heteroatoms. The standard InChI is InChI=1S/C60H41N/c1-2-17-50(18-3-1)61(52-40-35-44-13-4-5-15-49(44)41-52)51-38-36-48(37-39-51)60-57-22-10-8-20-55(57)59(56-21-9-11-23-58(56)60)47-33-29-43(30-34-47)26-25-42-27-31-46(32-28-42)54-24-12-16-45-14-6-7-19-53(45)54/h1-41H. The molecule has 0 amide bonds. The molecule has 0 radical (unpaired) electrons. The Kier molecular flexibility index (Phi) is 9.26. The fourth-order valence-corrected chi connectivity index (χ4v) is 9.07. The van der Waals surface area contributed by atoms with Gasteiger partial charge in [0.2, 0.25) is 0 Å². The predicted octanol–water partition coefficient (Wildman–Crippen LogP) is 16.9. The molecule has 0 heterocycles. The Hall–Kier alpha value is -8.00. The highest BCUT2D eigenvalue weighted by molar-refractivity contribution is 6.21. The lowest BCUT2D eigenvalue weighted by Crippen LogP contribution is -2.09. The minimum Gasteiger partial charge on any atom is -0.310 e. The van der Waals surface area contributed by atoms with Crippen LogP contribution in [-0.4, -0.2) is 0 Å². The van der Waals surface area contributed by atoms with Gasteiger partial charge in [0, 0.05) is 17.1 Å². The summed E-state index contributed by atoms with van der Waals surface area (Å²) in [6.07, 6.45) is 4.41. The van der Waals surface area contributed by atoms with Gasteiger partial charge in [0.15, 0.2) is 0 Å². The van der Waals surface area contributed by atoms with Gasteiger partial charge in [-0.15, -0.1) is 0 Å². The molecular formula is C60H41N. The second-order valence-corrected chi connectivity index (χ2v) is 15.7. The van der Waals surface area contributed by atoms with Crippen molar-refractivity contribution < 1.29 is 0 Å². The second kappa shape index (κ2) is 15.6. The fourth-order valence-electron chi connectivity index (χ4n) is 9.07. The smallest absolute Gasteiger partial charge is 0.0468 e. The number of benzene rings is 11. The fraction of sp³-hybridized carbons (Fsp3) is 0. The van der Waals surface area contributed by atoms with Crippen molar-refractivity contribution in [3.05, 3.63) is 248 Å². The molecule has 0 spiro atoms. The van der Waals surface area contributed by atoms with Crippen molar-refractivity contribution in [1.29, 1.82) is 0 Å². The van der Waals surface area contributed by atoms with Gasteiger partial charge < -0.3 is 4.90 Å².